The monoisotopic (exact) mass is 436 g/mol. The number of aromatic hydroxyl groups is 1. The van der Waals surface area contributed by atoms with Gasteiger partial charge in [0.05, 0.1) is 12.6 Å². The molecule has 31 heavy (non-hydrogen) atoms. The molecule has 11 heteroatoms. The maximum Gasteiger partial charge on any atom is 0.328 e. The highest BCUT2D eigenvalue weighted by atomic mass is 16.4. The Morgan fingerprint density at radius 3 is 2.39 bits per heavy atom. The zero-order chi connectivity index (χ0) is 23.1. The van der Waals surface area contributed by atoms with Crippen molar-refractivity contribution in [2.24, 2.45) is 5.73 Å². The molecule has 1 heterocycles. The van der Waals surface area contributed by atoms with Crippen molar-refractivity contribution in [2.45, 2.75) is 50.4 Å². The third kappa shape index (κ3) is 6.40. The number of likely N-dealkylation sites (tertiary alicyclic amines) is 1. The van der Waals surface area contributed by atoms with Crippen LogP contribution in [0.25, 0.3) is 0 Å². The molecule has 3 amide bonds. The molecular weight excluding hydrogens is 408 g/mol. The zero-order valence-corrected chi connectivity index (χ0v) is 17.2. The SMILES string of the molecule is CC(O)C(NC(=O)C(Cc1ccc(O)cc1)NC(=O)C1CCCN1C(=O)CN)C(=O)O. The van der Waals surface area contributed by atoms with Crippen LogP contribution in [0, 0.1) is 0 Å². The molecule has 1 aromatic carbocycles. The van der Waals surface area contributed by atoms with Gasteiger partial charge in [-0.1, -0.05) is 12.1 Å². The molecule has 7 N–H and O–H groups in total. The minimum absolute atomic E-state index is 0.00154. The molecule has 4 atom stereocenters. The van der Waals surface area contributed by atoms with Crippen molar-refractivity contribution < 1.29 is 34.5 Å². The van der Waals surface area contributed by atoms with Gasteiger partial charge in [0.1, 0.15) is 17.8 Å². The number of rotatable bonds is 9. The van der Waals surface area contributed by atoms with Gasteiger partial charge in [0.25, 0.3) is 0 Å². The first-order valence-corrected chi connectivity index (χ1v) is 9.93. The number of aliphatic hydroxyl groups excluding tert-OH is 1. The molecule has 0 aliphatic carbocycles. The Bertz CT molecular complexity index is 812. The number of nitrogens with one attached hydrogen (secondary N) is 2. The van der Waals surface area contributed by atoms with Crippen LogP contribution in [0.2, 0.25) is 0 Å². The van der Waals surface area contributed by atoms with Gasteiger partial charge in [-0.15, -0.1) is 0 Å². The predicted molar refractivity (Wildman–Crippen MR) is 109 cm³/mol. The molecular formula is C20H28N4O7. The molecule has 11 nitrogen and oxygen atoms in total. The van der Waals surface area contributed by atoms with Crippen molar-refractivity contribution in [1.29, 1.82) is 0 Å². The van der Waals surface area contributed by atoms with Gasteiger partial charge in [-0.3, -0.25) is 14.4 Å². The number of amides is 3. The average molecular weight is 436 g/mol. The second kappa shape index (κ2) is 10.7. The number of carboxylic acid groups (broad SMARTS) is 1. The van der Waals surface area contributed by atoms with E-state index in [9.17, 15) is 34.5 Å². The number of nitrogens with zero attached hydrogens (tertiary/aromatic N) is 1. The summed E-state index contributed by atoms with van der Waals surface area (Å²) in [6.45, 7) is 1.36. The van der Waals surface area contributed by atoms with E-state index in [0.717, 1.165) is 0 Å². The molecule has 0 aromatic heterocycles. The number of phenolic OH excluding ortho intramolecular Hbond substituents is 1. The minimum atomic E-state index is -1.56. The highest BCUT2D eigenvalue weighted by molar-refractivity contribution is 5.94. The number of phenols is 1. The molecule has 1 fully saturated rings. The van der Waals surface area contributed by atoms with Crippen molar-refractivity contribution >= 4 is 23.7 Å². The summed E-state index contributed by atoms with van der Waals surface area (Å²) in [5.74, 6) is -3.13. The third-order valence-electron chi connectivity index (χ3n) is 5.11. The van der Waals surface area contributed by atoms with E-state index in [4.69, 9.17) is 5.73 Å². The molecule has 0 bridgehead atoms. The molecule has 1 aromatic rings. The van der Waals surface area contributed by atoms with Gasteiger partial charge in [-0.05, 0) is 37.5 Å². The van der Waals surface area contributed by atoms with E-state index >= 15 is 0 Å². The number of carbonyl (C=O) groups is 4. The number of nitrogens with two attached hydrogens (primary N) is 1. The fourth-order valence-electron chi connectivity index (χ4n) is 3.44. The van der Waals surface area contributed by atoms with Crippen LogP contribution in [0.1, 0.15) is 25.3 Å². The largest absolute Gasteiger partial charge is 0.508 e. The van der Waals surface area contributed by atoms with Gasteiger partial charge in [0.2, 0.25) is 17.7 Å². The number of carboxylic acids is 1. The summed E-state index contributed by atoms with van der Waals surface area (Å²) >= 11 is 0. The normalized spacial score (nSPS) is 18.7. The fraction of sp³-hybridized carbons (Fsp3) is 0.500. The Morgan fingerprint density at radius 2 is 1.84 bits per heavy atom. The summed E-state index contributed by atoms with van der Waals surface area (Å²) in [5, 5.41) is 33.1. The first-order chi connectivity index (χ1) is 14.6. The van der Waals surface area contributed by atoms with E-state index in [1.807, 2.05) is 0 Å². The van der Waals surface area contributed by atoms with Gasteiger partial charge < -0.3 is 36.6 Å². The molecule has 0 radical (unpaired) electrons. The molecule has 1 saturated heterocycles. The van der Waals surface area contributed by atoms with Crippen molar-refractivity contribution in [3.8, 4) is 5.75 Å². The van der Waals surface area contributed by atoms with Crippen molar-refractivity contribution in [2.75, 3.05) is 13.1 Å². The second-order valence-electron chi connectivity index (χ2n) is 7.45. The predicted octanol–water partition coefficient (Wildman–Crippen LogP) is -1.68. The van der Waals surface area contributed by atoms with Gasteiger partial charge in [0, 0.05) is 13.0 Å². The van der Waals surface area contributed by atoms with E-state index in [1.165, 1.54) is 24.0 Å². The molecule has 0 saturated carbocycles. The Balaban J connectivity index is 2.21. The summed E-state index contributed by atoms with van der Waals surface area (Å²) in [7, 11) is 0. The molecule has 170 valence electrons. The Labute approximate surface area is 179 Å². The first-order valence-electron chi connectivity index (χ1n) is 9.93. The van der Waals surface area contributed by atoms with Gasteiger partial charge in [-0.2, -0.15) is 0 Å². The Kier molecular flexibility index (Phi) is 8.34. The van der Waals surface area contributed by atoms with Crippen LogP contribution in [-0.2, 0) is 25.6 Å². The maximum atomic E-state index is 12.9. The fourth-order valence-corrected chi connectivity index (χ4v) is 3.44. The maximum absolute atomic E-state index is 12.9. The summed E-state index contributed by atoms with van der Waals surface area (Å²) in [6, 6.07) is 2.44. The smallest absolute Gasteiger partial charge is 0.328 e. The number of aliphatic hydroxyl groups is 1. The minimum Gasteiger partial charge on any atom is -0.508 e. The van der Waals surface area contributed by atoms with Crippen LogP contribution >= 0.6 is 0 Å². The number of hydrogen-bond donors (Lipinski definition) is 6. The lowest BCUT2D eigenvalue weighted by Gasteiger charge is -2.27. The second-order valence-corrected chi connectivity index (χ2v) is 7.45. The lowest BCUT2D eigenvalue weighted by atomic mass is 10.0. The molecule has 1 aliphatic heterocycles. The highest BCUT2D eigenvalue weighted by Gasteiger charge is 2.36. The van der Waals surface area contributed by atoms with Crippen molar-refractivity contribution in [1.82, 2.24) is 15.5 Å². The zero-order valence-electron chi connectivity index (χ0n) is 17.2. The van der Waals surface area contributed by atoms with Gasteiger partial charge >= 0.3 is 5.97 Å². The third-order valence-corrected chi connectivity index (χ3v) is 5.11. The number of benzene rings is 1. The van der Waals surface area contributed by atoms with Crippen LogP contribution in [0.15, 0.2) is 24.3 Å². The van der Waals surface area contributed by atoms with Crippen LogP contribution in [-0.4, -0.2) is 81.2 Å². The van der Waals surface area contributed by atoms with E-state index in [-0.39, 0.29) is 24.6 Å². The number of hydrogen-bond acceptors (Lipinski definition) is 7. The van der Waals surface area contributed by atoms with Crippen molar-refractivity contribution in [3.05, 3.63) is 29.8 Å². The van der Waals surface area contributed by atoms with Gasteiger partial charge in [0.15, 0.2) is 6.04 Å². The summed E-state index contributed by atoms with van der Waals surface area (Å²) < 4.78 is 0. The number of carbonyl (C=O) groups excluding carboxylic acids is 3. The van der Waals surface area contributed by atoms with E-state index in [0.29, 0.717) is 24.9 Å². The molecule has 4 unspecified atom stereocenters. The summed E-state index contributed by atoms with van der Waals surface area (Å²) in [4.78, 5) is 50.3. The molecule has 2 rings (SSSR count). The lowest BCUT2D eigenvalue weighted by Crippen LogP contribution is -2.57. The quantitative estimate of drug-likeness (QED) is 0.265. The van der Waals surface area contributed by atoms with Crippen LogP contribution < -0.4 is 16.4 Å². The first kappa shape index (κ1) is 24.1. The standard InChI is InChI=1S/C20H28N4O7/c1-11(25)17(20(30)31)23-18(28)14(9-12-4-6-13(26)7-5-12)22-19(29)15-3-2-8-24(15)16(27)10-21/h4-7,11,14-15,17,25-26H,2-3,8-10,21H2,1H3,(H,22,29)(H,23,28)(H,30,31). The van der Waals surface area contributed by atoms with E-state index < -0.39 is 42.0 Å². The average Bonchev–Trinajstić information content (AvgIpc) is 3.21. The summed E-state index contributed by atoms with van der Waals surface area (Å²) in [6.07, 6.45) is -0.334. The van der Waals surface area contributed by atoms with E-state index in [1.54, 1.807) is 12.1 Å². The Hall–Kier alpha value is -3.18. The Morgan fingerprint density at radius 1 is 1.19 bits per heavy atom. The van der Waals surface area contributed by atoms with Crippen molar-refractivity contribution in [3.63, 3.8) is 0 Å². The number of aliphatic carboxylic acids is 1. The lowest BCUT2D eigenvalue weighted by molar-refractivity contribution is -0.145. The van der Waals surface area contributed by atoms with Crippen LogP contribution in [0.5, 0.6) is 5.75 Å². The molecule has 1 aliphatic rings. The molecule has 0 spiro atoms. The highest BCUT2D eigenvalue weighted by Crippen LogP contribution is 2.18. The van der Waals surface area contributed by atoms with Crippen LogP contribution in [0.4, 0.5) is 0 Å². The summed E-state index contributed by atoms with van der Waals surface area (Å²) in [5.41, 5.74) is 6.00. The topological polar surface area (TPSA) is 182 Å². The van der Waals surface area contributed by atoms with E-state index in [2.05, 4.69) is 10.6 Å². The van der Waals surface area contributed by atoms with Crippen LogP contribution in [0.3, 0.4) is 0 Å². The van der Waals surface area contributed by atoms with Gasteiger partial charge in [-0.25, -0.2) is 4.79 Å².